The molecule has 8 heteroatoms. The fraction of sp³-hybridized carbons (Fsp3) is 0.120. The molecule has 0 radical (unpaired) electrons. The molecule has 0 bridgehead atoms. The van der Waals surface area contributed by atoms with Crippen LogP contribution in [-0.4, -0.2) is 10.8 Å². The van der Waals surface area contributed by atoms with Crippen molar-refractivity contribution >= 4 is 35.0 Å². The largest absolute Gasteiger partial charge is 0.487 e. The second-order valence-corrected chi connectivity index (χ2v) is 7.73. The molecule has 0 unspecified atom stereocenters. The molecule has 0 aliphatic heterocycles. The third-order valence-corrected chi connectivity index (χ3v) is 5.23. The van der Waals surface area contributed by atoms with Gasteiger partial charge in [-0.25, -0.2) is 0 Å². The van der Waals surface area contributed by atoms with Gasteiger partial charge in [0.1, 0.15) is 24.0 Å². The van der Waals surface area contributed by atoms with Gasteiger partial charge in [0.05, 0.1) is 9.95 Å². The number of nitriles is 1. The Labute approximate surface area is 196 Å². The summed E-state index contributed by atoms with van der Waals surface area (Å²) < 4.78 is 5.69. The average Bonchev–Trinajstić information content (AvgIpc) is 2.79. The maximum absolute atomic E-state index is 12.5. The van der Waals surface area contributed by atoms with E-state index < -0.39 is 10.8 Å². The summed E-state index contributed by atoms with van der Waals surface area (Å²) in [5, 5.41) is 23.2. The Hall–Kier alpha value is -4.15. The standard InChI is InChI=1S/C25H20ClN3O4/c1-16-3-7-21(11-17(16)2)28-25(30)20(14-27)12-19-6-10-24(23(26)13-19)33-15-18-4-8-22(9-5-18)29(31)32/h3-13H,15H2,1-2H3,(H,28,30)/b20-12+. The van der Waals surface area contributed by atoms with Crippen molar-refractivity contribution in [2.75, 3.05) is 5.32 Å². The normalized spacial score (nSPS) is 10.9. The summed E-state index contributed by atoms with van der Waals surface area (Å²) in [6.45, 7) is 4.10. The molecule has 3 aromatic carbocycles. The topological polar surface area (TPSA) is 105 Å². The van der Waals surface area contributed by atoms with Crippen LogP contribution in [0.4, 0.5) is 11.4 Å². The van der Waals surface area contributed by atoms with Gasteiger partial charge in [0, 0.05) is 17.8 Å². The van der Waals surface area contributed by atoms with E-state index in [2.05, 4.69) is 5.32 Å². The zero-order chi connectivity index (χ0) is 24.0. The van der Waals surface area contributed by atoms with Gasteiger partial charge in [-0.05, 0) is 78.6 Å². The van der Waals surface area contributed by atoms with E-state index in [4.69, 9.17) is 16.3 Å². The first-order valence-corrected chi connectivity index (χ1v) is 10.3. The van der Waals surface area contributed by atoms with Crippen molar-refractivity contribution in [3.05, 3.63) is 104 Å². The Morgan fingerprint density at radius 3 is 2.45 bits per heavy atom. The Morgan fingerprint density at radius 2 is 1.85 bits per heavy atom. The van der Waals surface area contributed by atoms with Crippen LogP contribution >= 0.6 is 11.6 Å². The van der Waals surface area contributed by atoms with Crippen LogP contribution in [0, 0.1) is 35.3 Å². The third kappa shape index (κ3) is 6.19. The first kappa shape index (κ1) is 23.5. The van der Waals surface area contributed by atoms with Crippen molar-refractivity contribution < 1.29 is 14.5 Å². The first-order chi connectivity index (χ1) is 15.8. The lowest BCUT2D eigenvalue weighted by atomic mass is 10.1. The summed E-state index contributed by atoms with van der Waals surface area (Å²) in [6, 6.07) is 18.4. The van der Waals surface area contributed by atoms with Crippen LogP contribution in [0.5, 0.6) is 5.75 Å². The zero-order valence-electron chi connectivity index (χ0n) is 18.0. The molecular formula is C25H20ClN3O4. The minimum Gasteiger partial charge on any atom is -0.487 e. The molecular weight excluding hydrogens is 442 g/mol. The van der Waals surface area contributed by atoms with Crippen molar-refractivity contribution in [1.29, 1.82) is 5.26 Å². The van der Waals surface area contributed by atoms with E-state index in [9.17, 15) is 20.2 Å². The summed E-state index contributed by atoms with van der Waals surface area (Å²) in [5.41, 5.74) is 4.00. The van der Waals surface area contributed by atoms with E-state index in [0.29, 0.717) is 22.0 Å². The number of ether oxygens (including phenoxy) is 1. The smallest absolute Gasteiger partial charge is 0.269 e. The maximum atomic E-state index is 12.5. The lowest BCUT2D eigenvalue weighted by Crippen LogP contribution is -2.13. The fourth-order valence-electron chi connectivity index (χ4n) is 2.93. The Balaban J connectivity index is 1.69. The molecule has 0 saturated heterocycles. The van der Waals surface area contributed by atoms with Gasteiger partial charge in [0.25, 0.3) is 11.6 Å². The van der Waals surface area contributed by atoms with Crippen molar-refractivity contribution in [2.24, 2.45) is 0 Å². The minimum atomic E-state index is -0.518. The van der Waals surface area contributed by atoms with Crippen molar-refractivity contribution in [3.8, 4) is 11.8 Å². The highest BCUT2D eigenvalue weighted by atomic mass is 35.5. The Morgan fingerprint density at radius 1 is 1.12 bits per heavy atom. The van der Waals surface area contributed by atoms with Gasteiger partial charge in [-0.3, -0.25) is 14.9 Å². The highest BCUT2D eigenvalue weighted by molar-refractivity contribution is 6.32. The third-order valence-electron chi connectivity index (χ3n) is 4.94. The van der Waals surface area contributed by atoms with Crippen molar-refractivity contribution in [3.63, 3.8) is 0 Å². The number of carbonyl (C=O) groups is 1. The molecule has 166 valence electrons. The number of anilines is 1. The second kappa shape index (κ2) is 10.4. The predicted octanol–water partition coefficient (Wildman–Crippen LogP) is 5.99. The number of nitrogens with zero attached hydrogens (tertiary/aromatic N) is 2. The number of hydrogen-bond donors (Lipinski definition) is 1. The monoisotopic (exact) mass is 461 g/mol. The lowest BCUT2D eigenvalue weighted by molar-refractivity contribution is -0.384. The number of carbonyl (C=O) groups excluding carboxylic acids is 1. The van der Waals surface area contributed by atoms with E-state index in [0.717, 1.165) is 16.7 Å². The number of non-ortho nitro benzene ring substituents is 1. The molecule has 0 saturated carbocycles. The lowest BCUT2D eigenvalue weighted by Gasteiger charge is -2.09. The van der Waals surface area contributed by atoms with Crippen LogP contribution < -0.4 is 10.1 Å². The van der Waals surface area contributed by atoms with Crippen LogP contribution in [0.15, 0.2) is 66.2 Å². The molecule has 3 aromatic rings. The highest BCUT2D eigenvalue weighted by Crippen LogP contribution is 2.27. The number of aryl methyl sites for hydroxylation is 2. The molecule has 0 aromatic heterocycles. The van der Waals surface area contributed by atoms with Crippen molar-refractivity contribution in [2.45, 2.75) is 20.5 Å². The molecule has 0 atom stereocenters. The molecule has 1 N–H and O–H groups in total. The summed E-state index contributed by atoms with van der Waals surface area (Å²) >= 11 is 6.30. The number of halogens is 1. The molecule has 33 heavy (non-hydrogen) atoms. The molecule has 0 aliphatic rings. The molecule has 3 rings (SSSR count). The van der Waals surface area contributed by atoms with Gasteiger partial charge >= 0.3 is 0 Å². The van der Waals surface area contributed by atoms with E-state index in [1.165, 1.54) is 18.2 Å². The van der Waals surface area contributed by atoms with Crippen LogP contribution in [-0.2, 0) is 11.4 Å². The molecule has 0 spiro atoms. The second-order valence-electron chi connectivity index (χ2n) is 7.33. The van der Waals surface area contributed by atoms with Crippen LogP contribution in [0.3, 0.4) is 0 Å². The molecule has 0 fully saturated rings. The van der Waals surface area contributed by atoms with Gasteiger partial charge < -0.3 is 10.1 Å². The average molecular weight is 462 g/mol. The van der Waals surface area contributed by atoms with Gasteiger partial charge in [-0.1, -0.05) is 23.7 Å². The minimum absolute atomic E-state index is 0.00256. The Kier molecular flexibility index (Phi) is 7.44. The summed E-state index contributed by atoms with van der Waals surface area (Å²) in [5.74, 6) is -0.111. The van der Waals surface area contributed by atoms with Crippen LogP contribution in [0.25, 0.3) is 6.08 Å². The SMILES string of the molecule is Cc1ccc(NC(=O)/C(C#N)=C/c2ccc(OCc3ccc([N+](=O)[O-])cc3)c(Cl)c2)cc1C. The summed E-state index contributed by atoms with van der Waals surface area (Å²) in [6.07, 6.45) is 1.45. The van der Waals surface area contributed by atoms with Gasteiger partial charge in [-0.15, -0.1) is 0 Å². The zero-order valence-corrected chi connectivity index (χ0v) is 18.7. The number of rotatable bonds is 7. The number of benzene rings is 3. The van der Waals surface area contributed by atoms with Gasteiger partial charge in [0.15, 0.2) is 0 Å². The Bertz CT molecular complexity index is 1280. The fourth-order valence-corrected chi connectivity index (χ4v) is 3.18. The summed E-state index contributed by atoms with van der Waals surface area (Å²) in [4.78, 5) is 22.8. The quantitative estimate of drug-likeness (QED) is 0.201. The number of nitrogens with one attached hydrogen (secondary N) is 1. The number of amides is 1. The number of hydrogen-bond acceptors (Lipinski definition) is 5. The van der Waals surface area contributed by atoms with Crippen molar-refractivity contribution in [1.82, 2.24) is 0 Å². The summed E-state index contributed by atoms with van der Waals surface area (Å²) in [7, 11) is 0. The molecule has 0 heterocycles. The first-order valence-electron chi connectivity index (χ1n) is 9.93. The van der Waals surface area contributed by atoms with Crippen LogP contribution in [0.1, 0.15) is 22.3 Å². The van der Waals surface area contributed by atoms with E-state index in [1.54, 1.807) is 36.4 Å². The maximum Gasteiger partial charge on any atom is 0.269 e. The van der Waals surface area contributed by atoms with Gasteiger partial charge in [0.2, 0.25) is 0 Å². The van der Waals surface area contributed by atoms with E-state index in [-0.39, 0.29) is 17.9 Å². The highest BCUT2D eigenvalue weighted by Gasteiger charge is 2.11. The van der Waals surface area contributed by atoms with E-state index >= 15 is 0 Å². The van der Waals surface area contributed by atoms with E-state index in [1.807, 2.05) is 32.0 Å². The molecule has 0 aliphatic carbocycles. The predicted molar refractivity (Wildman–Crippen MR) is 127 cm³/mol. The number of nitro benzene ring substituents is 1. The van der Waals surface area contributed by atoms with Crippen LogP contribution in [0.2, 0.25) is 5.02 Å². The number of nitro groups is 1. The molecule has 1 amide bonds. The molecule has 7 nitrogen and oxygen atoms in total. The van der Waals surface area contributed by atoms with Gasteiger partial charge in [-0.2, -0.15) is 5.26 Å².